The van der Waals surface area contributed by atoms with Crippen LogP contribution in [0.3, 0.4) is 0 Å². The second-order valence-electron chi connectivity index (χ2n) is 10.3. The zero-order valence-electron chi connectivity index (χ0n) is 22.8. The van der Waals surface area contributed by atoms with Crippen LogP contribution in [0, 0.1) is 0 Å². The summed E-state index contributed by atoms with van der Waals surface area (Å²) in [7, 11) is -3.60. The zero-order chi connectivity index (χ0) is 32.0. The number of halogens is 7. The predicted molar refractivity (Wildman–Crippen MR) is 149 cm³/mol. The molecular formula is C29H23ClF6N4O3S. The summed E-state index contributed by atoms with van der Waals surface area (Å²) < 4.78 is 106. The summed E-state index contributed by atoms with van der Waals surface area (Å²) in [4.78, 5) is 15.5. The molecule has 1 amide bonds. The highest BCUT2D eigenvalue weighted by Gasteiger charge is 2.38. The number of nitrogens with zero attached hydrogens (tertiary/aromatic N) is 4. The Hall–Kier alpha value is -3.91. The third-order valence-corrected chi connectivity index (χ3v) is 8.72. The van der Waals surface area contributed by atoms with E-state index in [0.717, 1.165) is 10.9 Å². The third kappa shape index (κ3) is 6.46. The number of likely N-dealkylation sites (tertiary alicyclic amines) is 1. The van der Waals surface area contributed by atoms with E-state index in [4.69, 9.17) is 11.6 Å². The summed E-state index contributed by atoms with van der Waals surface area (Å²) in [6.07, 6.45) is -7.90. The van der Waals surface area contributed by atoms with Gasteiger partial charge in [0.25, 0.3) is 5.91 Å². The molecule has 1 aromatic heterocycles. The Bertz CT molecular complexity index is 1790. The van der Waals surface area contributed by atoms with E-state index in [0.29, 0.717) is 42.1 Å². The van der Waals surface area contributed by atoms with Gasteiger partial charge in [-0.05, 0) is 60.4 Å². The van der Waals surface area contributed by atoms with E-state index in [1.165, 1.54) is 29.2 Å². The number of carbonyl (C=O) groups is 1. The van der Waals surface area contributed by atoms with Crippen molar-refractivity contribution in [2.45, 2.75) is 42.7 Å². The van der Waals surface area contributed by atoms with E-state index in [9.17, 15) is 39.6 Å². The monoisotopic (exact) mass is 656 g/mol. The van der Waals surface area contributed by atoms with Gasteiger partial charge in [-0.15, -0.1) is 5.10 Å². The predicted octanol–water partition coefficient (Wildman–Crippen LogP) is 7.07. The van der Waals surface area contributed by atoms with Gasteiger partial charge in [-0.2, -0.15) is 26.3 Å². The Morgan fingerprint density at radius 3 is 2.14 bits per heavy atom. The number of carbonyl (C=O) groups excluding carboxylic acids is 1. The Kier molecular flexibility index (Phi) is 8.27. The van der Waals surface area contributed by atoms with Crippen molar-refractivity contribution in [3.05, 3.63) is 99.7 Å². The fourth-order valence-electron chi connectivity index (χ4n) is 5.21. The summed E-state index contributed by atoms with van der Waals surface area (Å²) in [5.74, 6) is -0.583. The molecule has 15 heteroatoms. The lowest BCUT2D eigenvalue weighted by Gasteiger charge is -2.25. The van der Waals surface area contributed by atoms with Crippen molar-refractivity contribution < 1.29 is 39.6 Å². The van der Waals surface area contributed by atoms with E-state index < -0.39 is 51.8 Å². The number of rotatable bonds is 6. The maximum Gasteiger partial charge on any atom is 0.416 e. The molecule has 0 spiro atoms. The highest BCUT2D eigenvalue weighted by atomic mass is 35.5. The van der Waals surface area contributed by atoms with E-state index in [1.54, 1.807) is 24.3 Å². The largest absolute Gasteiger partial charge is 0.416 e. The molecule has 1 aliphatic heterocycles. The van der Waals surface area contributed by atoms with E-state index >= 15 is 0 Å². The van der Waals surface area contributed by atoms with E-state index in [2.05, 4.69) is 10.3 Å². The van der Waals surface area contributed by atoms with Gasteiger partial charge in [-0.25, -0.2) is 13.1 Å². The Morgan fingerprint density at radius 1 is 0.955 bits per heavy atom. The summed E-state index contributed by atoms with van der Waals surface area (Å²) in [5.41, 5.74) is -2.68. The van der Waals surface area contributed by atoms with Crippen molar-refractivity contribution >= 4 is 27.3 Å². The number of sulfone groups is 1. The number of hydrogen-bond acceptors (Lipinski definition) is 5. The van der Waals surface area contributed by atoms with Gasteiger partial charge in [0.15, 0.2) is 15.5 Å². The van der Waals surface area contributed by atoms with Gasteiger partial charge >= 0.3 is 12.4 Å². The standard InChI is InChI=1S/C29H23ClF6N4O3S/c1-44(42,43)21-10-8-18(9-11-21)26-25(27(41)39-12-4-7-24(39)22-5-2-3-6-23(22)30)37-38-40(26)16-17-13-19(28(31,32)33)15-20(14-17)29(34,35)36/h2-3,5-6,8-11,13-15,24H,4,7,12,16H2,1H3. The van der Waals surface area contributed by atoms with Crippen LogP contribution < -0.4 is 0 Å². The van der Waals surface area contributed by atoms with Crippen LogP contribution in [0.1, 0.15) is 51.6 Å². The maximum atomic E-state index is 14.0. The SMILES string of the molecule is CS(=O)(=O)c1ccc(-c2c(C(=O)N3CCCC3c3ccccc3Cl)nnn2Cc2cc(C(F)(F)F)cc(C(F)(F)F)c2)cc1. The fourth-order valence-corrected chi connectivity index (χ4v) is 6.10. The van der Waals surface area contributed by atoms with E-state index in [-0.39, 0.29) is 33.5 Å². The molecule has 0 radical (unpaired) electrons. The number of benzene rings is 3. The van der Waals surface area contributed by atoms with Crippen molar-refractivity contribution in [2.75, 3.05) is 12.8 Å². The van der Waals surface area contributed by atoms with Crippen LogP contribution in [0.5, 0.6) is 0 Å². The first-order chi connectivity index (χ1) is 20.5. The molecule has 5 rings (SSSR count). The van der Waals surface area contributed by atoms with Crippen LogP contribution in [0.25, 0.3) is 11.3 Å². The highest BCUT2D eigenvalue weighted by molar-refractivity contribution is 7.90. The average molecular weight is 657 g/mol. The van der Waals surface area contributed by atoms with Crippen molar-refractivity contribution in [1.29, 1.82) is 0 Å². The van der Waals surface area contributed by atoms with Crippen LogP contribution >= 0.6 is 11.6 Å². The van der Waals surface area contributed by atoms with Crippen molar-refractivity contribution in [1.82, 2.24) is 19.9 Å². The molecule has 0 bridgehead atoms. The van der Waals surface area contributed by atoms with E-state index in [1.807, 2.05) is 0 Å². The van der Waals surface area contributed by atoms with Gasteiger partial charge in [-0.3, -0.25) is 4.79 Å². The third-order valence-electron chi connectivity index (χ3n) is 7.25. The number of aromatic nitrogens is 3. The highest BCUT2D eigenvalue weighted by Crippen LogP contribution is 2.39. The summed E-state index contributed by atoms with van der Waals surface area (Å²) in [6.45, 7) is -0.277. The minimum absolute atomic E-state index is 0.00849. The minimum atomic E-state index is -5.06. The molecule has 0 N–H and O–H groups in total. The molecule has 0 aliphatic carbocycles. The van der Waals surface area contributed by atoms with Gasteiger partial charge in [0.1, 0.15) is 5.69 Å². The lowest BCUT2D eigenvalue weighted by Crippen LogP contribution is -2.31. The molecule has 3 aromatic carbocycles. The Balaban J connectivity index is 1.62. The first-order valence-corrected chi connectivity index (χ1v) is 15.4. The summed E-state index contributed by atoms with van der Waals surface area (Å²) >= 11 is 6.40. The summed E-state index contributed by atoms with van der Waals surface area (Å²) in [6, 6.07) is 13.0. The second-order valence-corrected chi connectivity index (χ2v) is 12.8. The van der Waals surface area contributed by atoms with Crippen LogP contribution in [0.4, 0.5) is 26.3 Å². The van der Waals surface area contributed by atoms with Crippen molar-refractivity contribution in [2.24, 2.45) is 0 Å². The number of alkyl halides is 6. The molecule has 4 aromatic rings. The molecule has 1 atom stereocenters. The molecule has 2 heterocycles. The first kappa shape index (κ1) is 31.5. The molecular weight excluding hydrogens is 634 g/mol. The van der Waals surface area contributed by atoms with Crippen molar-refractivity contribution in [3.63, 3.8) is 0 Å². The normalized spacial score (nSPS) is 16.0. The maximum absolute atomic E-state index is 14.0. The quantitative estimate of drug-likeness (QED) is 0.208. The molecule has 232 valence electrons. The molecule has 1 saturated heterocycles. The smallest absolute Gasteiger partial charge is 0.330 e. The lowest BCUT2D eigenvalue weighted by atomic mass is 10.0. The summed E-state index contributed by atoms with van der Waals surface area (Å²) in [5, 5.41) is 8.43. The van der Waals surface area contributed by atoms with Crippen LogP contribution in [-0.2, 0) is 28.7 Å². The molecule has 1 fully saturated rings. The van der Waals surface area contributed by atoms with Gasteiger partial charge in [-0.1, -0.05) is 47.1 Å². The number of amides is 1. The van der Waals surface area contributed by atoms with Crippen LogP contribution in [-0.4, -0.2) is 47.0 Å². The van der Waals surface area contributed by atoms with Gasteiger partial charge in [0, 0.05) is 23.4 Å². The van der Waals surface area contributed by atoms with Crippen LogP contribution in [0.15, 0.2) is 71.6 Å². The lowest BCUT2D eigenvalue weighted by molar-refractivity contribution is -0.143. The van der Waals surface area contributed by atoms with Crippen LogP contribution in [0.2, 0.25) is 5.02 Å². The average Bonchev–Trinajstić information content (AvgIpc) is 3.59. The molecule has 1 aliphatic rings. The molecule has 0 saturated carbocycles. The molecule has 7 nitrogen and oxygen atoms in total. The minimum Gasteiger partial charge on any atom is -0.330 e. The van der Waals surface area contributed by atoms with Gasteiger partial charge < -0.3 is 4.90 Å². The fraction of sp³-hybridized carbons (Fsp3) is 0.276. The first-order valence-electron chi connectivity index (χ1n) is 13.1. The topological polar surface area (TPSA) is 85.2 Å². The number of hydrogen-bond donors (Lipinski definition) is 0. The molecule has 1 unspecified atom stereocenters. The molecule has 44 heavy (non-hydrogen) atoms. The van der Waals surface area contributed by atoms with Gasteiger partial charge in [0.2, 0.25) is 0 Å². The van der Waals surface area contributed by atoms with Crippen molar-refractivity contribution in [3.8, 4) is 11.3 Å². The second kappa shape index (κ2) is 11.5. The Labute approximate surface area is 253 Å². The zero-order valence-corrected chi connectivity index (χ0v) is 24.4. The van der Waals surface area contributed by atoms with Gasteiger partial charge in [0.05, 0.1) is 28.6 Å². The Morgan fingerprint density at radius 2 is 1.57 bits per heavy atom.